The van der Waals surface area contributed by atoms with Gasteiger partial charge in [0.1, 0.15) is 11.3 Å². The highest BCUT2D eigenvalue weighted by Crippen LogP contribution is 2.23. The number of hydrogen-bond acceptors (Lipinski definition) is 4. The summed E-state index contributed by atoms with van der Waals surface area (Å²) in [4.78, 5) is 23.7. The molecular formula is C18H23FN4O. The Balaban J connectivity index is 1.98. The molecule has 1 aromatic carbocycles. The van der Waals surface area contributed by atoms with Crippen molar-refractivity contribution in [1.29, 1.82) is 0 Å². The number of benzene rings is 1. The summed E-state index contributed by atoms with van der Waals surface area (Å²) in [5.74, 6) is -0.173. The number of aryl methyl sites for hydroxylation is 2. The van der Waals surface area contributed by atoms with Gasteiger partial charge in [-0.3, -0.25) is 4.79 Å². The third-order valence-electron chi connectivity index (χ3n) is 4.68. The van der Waals surface area contributed by atoms with Gasteiger partial charge < -0.3 is 10.2 Å². The zero-order chi connectivity index (χ0) is 17.3. The highest BCUT2D eigenvalue weighted by Gasteiger charge is 2.26. The number of piperidine rings is 1. The molecule has 0 saturated carbocycles. The first kappa shape index (κ1) is 16.8. The van der Waals surface area contributed by atoms with Gasteiger partial charge in [0.15, 0.2) is 0 Å². The fourth-order valence-electron chi connectivity index (χ4n) is 3.34. The lowest BCUT2D eigenvalue weighted by Crippen LogP contribution is -2.42. The van der Waals surface area contributed by atoms with Crippen molar-refractivity contribution in [3.05, 3.63) is 34.9 Å². The van der Waals surface area contributed by atoms with Crippen molar-refractivity contribution in [2.45, 2.75) is 26.7 Å². The van der Waals surface area contributed by atoms with E-state index in [1.165, 1.54) is 12.1 Å². The molecule has 0 aliphatic carbocycles. The minimum absolute atomic E-state index is 0.155. The molecule has 128 valence electrons. The number of halogens is 1. The van der Waals surface area contributed by atoms with Gasteiger partial charge in [-0.15, -0.1) is 0 Å². The summed E-state index contributed by atoms with van der Waals surface area (Å²) in [5.41, 5.74) is 2.74. The second-order valence-electron chi connectivity index (χ2n) is 6.53. The van der Waals surface area contributed by atoms with Crippen LogP contribution in [0.3, 0.4) is 0 Å². The van der Waals surface area contributed by atoms with Crippen molar-refractivity contribution in [2.75, 3.05) is 26.7 Å². The number of carbonyl (C=O) groups is 1. The van der Waals surface area contributed by atoms with Gasteiger partial charge >= 0.3 is 0 Å². The zero-order valence-electron chi connectivity index (χ0n) is 14.4. The van der Waals surface area contributed by atoms with E-state index in [0.29, 0.717) is 35.6 Å². The number of fused-ring (bicyclic) bond motifs is 1. The Bertz CT molecular complexity index is 775. The smallest absolute Gasteiger partial charge is 0.256 e. The highest BCUT2D eigenvalue weighted by atomic mass is 19.1. The number of rotatable bonds is 3. The molecule has 1 amide bonds. The van der Waals surface area contributed by atoms with Crippen LogP contribution in [0.25, 0.3) is 11.0 Å². The number of amides is 1. The first-order chi connectivity index (χ1) is 11.5. The SMILES string of the molecule is CNCC1CCCN(C(=O)c2cc(F)cc3nc(C)c(C)nc23)C1. The fraction of sp³-hybridized carbons (Fsp3) is 0.500. The molecule has 1 aliphatic heterocycles. The second-order valence-corrected chi connectivity index (χ2v) is 6.53. The lowest BCUT2D eigenvalue weighted by Gasteiger charge is -2.33. The summed E-state index contributed by atoms with van der Waals surface area (Å²) in [6, 6.07) is 2.63. The molecule has 0 spiro atoms. The maximum Gasteiger partial charge on any atom is 0.256 e. The molecule has 0 radical (unpaired) electrons. The average Bonchev–Trinajstić information content (AvgIpc) is 2.56. The first-order valence-electron chi connectivity index (χ1n) is 8.38. The van der Waals surface area contributed by atoms with Crippen LogP contribution in [0.2, 0.25) is 0 Å². The van der Waals surface area contributed by atoms with Gasteiger partial charge in [0.05, 0.1) is 22.5 Å². The molecule has 3 rings (SSSR count). The summed E-state index contributed by atoms with van der Waals surface area (Å²) in [5, 5.41) is 3.17. The molecule has 24 heavy (non-hydrogen) atoms. The van der Waals surface area contributed by atoms with Crippen molar-refractivity contribution < 1.29 is 9.18 Å². The van der Waals surface area contributed by atoms with E-state index in [0.717, 1.165) is 30.8 Å². The van der Waals surface area contributed by atoms with E-state index >= 15 is 0 Å². The Morgan fingerprint density at radius 1 is 1.33 bits per heavy atom. The number of carbonyl (C=O) groups excluding carboxylic acids is 1. The summed E-state index contributed by atoms with van der Waals surface area (Å²) in [6.07, 6.45) is 2.07. The summed E-state index contributed by atoms with van der Waals surface area (Å²) in [7, 11) is 1.92. The van der Waals surface area contributed by atoms with E-state index in [1.807, 2.05) is 25.8 Å². The lowest BCUT2D eigenvalue weighted by molar-refractivity contribution is 0.0675. The molecule has 1 fully saturated rings. The standard InChI is InChI=1S/C18H23FN4O/c1-11-12(2)22-17-15(7-14(19)8-16(17)21-11)18(24)23-6-4-5-13(10-23)9-20-3/h7-8,13,20H,4-6,9-10H2,1-3H3. The van der Waals surface area contributed by atoms with Crippen LogP contribution < -0.4 is 5.32 Å². The molecule has 2 aromatic rings. The van der Waals surface area contributed by atoms with Crippen LogP contribution in [0.4, 0.5) is 4.39 Å². The summed E-state index contributed by atoms with van der Waals surface area (Å²) in [6.45, 7) is 5.96. The average molecular weight is 330 g/mol. The molecule has 6 heteroatoms. The Morgan fingerprint density at radius 3 is 2.83 bits per heavy atom. The lowest BCUT2D eigenvalue weighted by atomic mass is 9.97. The van der Waals surface area contributed by atoms with Crippen LogP contribution in [-0.4, -0.2) is 47.5 Å². The molecule has 5 nitrogen and oxygen atoms in total. The molecule has 1 N–H and O–H groups in total. The summed E-state index contributed by atoms with van der Waals surface area (Å²) < 4.78 is 14.0. The van der Waals surface area contributed by atoms with Crippen molar-refractivity contribution >= 4 is 16.9 Å². The molecular weight excluding hydrogens is 307 g/mol. The zero-order valence-corrected chi connectivity index (χ0v) is 14.4. The van der Waals surface area contributed by atoms with Crippen LogP contribution >= 0.6 is 0 Å². The maximum absolute atomic E-state index is 14.0. The largest absolute Gasteiger partial charge is 0.338 e. The second kappa shape index (κ2) is 6.81. The predicted octanol–water partition coefficient (Wildman–Crippen LogP) is 2.46. The normalized spacial score (nSPS) is 18.2. The monoisotopic (exact) mass is 330 g/mol. The van der Waals surface area contributed by atoms with Crippen LogP contribution in [0.15, 0.2) is 12.1 Å². The van der Waals surface area contributed by atoms with Gasteiger partial charge in [0, 0.05) is 19.2 Å². The molecule has 1 atom stereocenters. The van der Waals surface area contributed by atoms with Gasteiger partial charge in [0.2, 0.25) is 0 Å². The van der Waals surface area contributed by atoms with Crippen LogP contribution in [0.5, 0.6) is 0 Å². The van der Waals surface area contributed by atoms with Gasteiger partial charge in [0.25, 0.3) is 5.91 Å². The minimum atomic E-state index is -0.452. The Hall–Kier alpha value is -2.08. The number of nitrogens with one attached hydrogen (secondary N) is 1. The minimum Gasteiger partial charge on any atom is -0.338 e. The Kier molecular flexibility index (Phi) is 4.76. The number of nitrogens with zero attached hydrogens (tertiary/aromatic N) is 3. The third kappa shape index (κ3) is 3.24. The van der Waals surface area contributed by atoms with E-state index in [-0.39, 0.29) is 5.91 Å². The highest BCUT2D eigenvalue weighted by molar-refractivity contribution is 6.04. The molecule has 2 heterocycles. The molecule has 1 aromatic heterocycles. The van der Waals surface area contributed by atoms with Gasteiger partial charge in [-0.2, -0.15) is 0 Å². The van der Waals surface area contributed by atoms with E-state index < -0.39 is 5.82 Å². The molecule has 1 unspecified atom stereocenters. The van der Waals surface area contributed by atoms with Crippen molar-refractivity contribution in [1.82, 2.24) is 20.2 Å². The van der Waals surface area contributed by atoms with Gasteiger partial charge in [-0.1, -0.05) is 0 Å². The maximum atomic E-state index is 14.0. The number of likely N-dealkylation sites (tertiary alicyclic amines) is 1. The summed E-state index contributed by atoms with van der Waals surface area (Å²) >= 11 is 0. The van der Waals surface area contributed by atoms with E-state index in [1.54, 1.807) is 0 Å². The van der Waals surface area contributed by atoms with Gasteiger partial charge in [-0.25, -0.2) is 14.4 Å². The quantitative estimate of drug-likeness (QED) is 0.939. The third-order valence-corrected chi connectivity index (χ3v) is 4.68. The van der Waals surface area contributed by atoms with Crippen LogP contribution in [0, 0.1) is 25.6 Å². The topological polar surface area (TPSA) is 58.1 Å². The number of aromatic nitrogens is 2. The van der Waals surface area contributed by atoms with Crippen molar-refractivity contribution in [2.24, 2.45) is 5.92 Å². The molecule has 1 saturated heterocycles. The van der Waals surface area contributed by atoms with E-state index in [4.69, 9.17) is 0 Å². The van der Waals surface area contributed by atoms with Crippen LogP contribution in [-0.2, 0) is 0 Å². The first-order valence-corrected chi connectivity index (χ1v) is 8.38. The Morgan fingerprint density at radius 2 is 2.08 bits per heavy atom. The van der Waals surface area contributed by atoms with E-state index in [2.05, 4.69) is 15.3 Å². The fourth-order valence-corrected chi connectivity index (χ4v) is 3.34. The van der Waals surface area contributed by atoms with Crippen molar-refractivity contribution in [3.8, 4) is 0 Å². The van der Waals surface area contributed by atoms with Crippen molar-refractivity contribution in [3.63, 3.8) is 0 Å². The predicted molar refractivity (Wildman–Crippen MR) is 91.5 cm³/mol. The molecule has 1 aliphatic rings. The van der Waals surface area contributed by atoms with Gasteiger partial charge in [-0.05, 0) is 52.3 Å². The Labute approximate surface area is 141 Å². The van der Waals surface area contributed by atoms with E-state index in [9.17, 15) is 9.18 Å². The number of hydrogen-bond donors (Lipinski definition) is 1. The van der Waals surface area contributed by atoms with Crippen LogP contribution in [0.1, 0.15) is 34.6 Å². The molecule has 0 bridgehead atoms.